The Hall–Kier alpha value is -1.10. The molecule has 2 aliphatic carbocycles. The number of fused-ring (bicyclic) bond motifs is 1. The Balaban J connectivity index is 1.68. The Morgan fingerprint density at radius 2 is 2.32 bits per heavy atom. The average molecular weight is 280 g/mol. The quantitative estimate of drug-likeness (QED) is 0.870. The van der Waals surface area contributed by atoms with Crippen LogP contribution in [0, 0.1) is 11.3 Å². The average Bonchev–Trinajstić information content (AvgIpc) is 2.88. The number of aryl methyl sites for hydroxylation is 1. The number of aliphatic carboxylic acids is 1. The van der Waals surface area contributed by atoms with Gasteiger partial charge in [-0.3, -0.25) is 4.79 Å². The SMILES string of the molecule is CC(C)C1(CNc2nc3c(s2)CCC3C(=O)O)CC1. The van der Waals surface area contributed by atoms with E-state index in [1.165, 1.54) is 12.8 Å². The van der Waals surface area contributed by atoms with Crippen molar-refractivity contribution in [1.29, 1.82) is 0 Å². The third kappa shape index (κ3) is 2.24. The number of hydrogen-bond donors (Lipinski definition) is 2. The number of thiazole rings is 1. The zero-order valence-electron chi connectivity index (χ0n) is 11.4. The molecule has 0 radical (unpaired) electrons. The summed E-state index contributed by atoms with van der Waals surface area (Å²) < 4.78 is 0. The number of carboxylic acids is 1. The van der Waals surface area contributed by atoms with Crippen LogP contribution in [0.4, 0.5) is 5.13 Å². The summed E-state index contributed by atoms with van der Waals surface area (Å²) in [6, 6.07) is 0. The minimum Gasteiger partial charge on any atom is -0.481 e. The zero-order valence-corrected chi connectivity index (χ0v) is 12.2. The number of rotatable bonds is 5. The van der Waals surface area contributed by atoms with Crippen LogP contribution in [0.3, 0.4) is 0 Å². The van der Waals surface area contributed by atoms with Gasteiger partial charge in [0.25, 0.3) is 0 Å². The fourth-order valence-corrected chi connectivity index (χ4v) is 3.95. The second-order valence-corrected chi connectivity index (χ2v) is 7.21. The van der Waals surface area contributed by atoms with Gasteiger partial charge in [0.15, 0.2) is 5.13 Å². The Bertz CT molecular complexity index is 506. The van der Waals surface area contributed by atoms with E-state index in [0.29, 0.717) is 17.8 Å². The van der Waals surface area contributed by atoms with Gasteiger partial charge >= 0.3 is 5.97 Å². The molecule has 0 bridgehead atoms. The summed E-state index contributed by atoms with van der Waals surface area (Å²) in [5.74, 6) is -0.434. The van der Waals surface area contributed by atoms with Crippen molar-refractivity contribution in [3.63, 3.8) is 0 Å². The highest BCUT2D eigenvalue weighted by molar-refractivity contribution is 7.15. The highest BCUT2D eigenvalue weighted by Gasteiger charge is 2.45. The fourth-order valence-electron chi connectivity index (χ4n) is 2.91. The zero-order chi connectivity index (χ0) is 13.6. The third-order valence-corrected chi connectivity index (χ3v) is 5.81. The topological polar surface area (TPSA) is 62.2 Å². The lowest BCUT2D eigenvalue weighted by Gasteiger charge is -2.19. The van der Waals surface area contributed by atoms with Crippen molar-refractivity contribution in [3.8, 4) is 0 Å². The minimum atomic E-state index is -0.739. The van der Waals surface area contributed by atoms with Gasteiger partial charge < -0.3 is 10.4 Å². The van der Waals surface area contributed by atoms with Crippen LogP contribution in [-0.2, 0) is 11.2 Å². The van der Waals surface area contributed by atoms with Gasteiger partial charge in [0.05, 0.1) is 5.69 Å². The van der Waals surface area contributed by atoms with E-state index in [2.05, 4.69) is 24.1 Å². The molecule has 3 rings (SSSR count). The second kappa shape index (κ2) is 4.47. The first-order valence-electron chi connectivity index (χ1n) is 6.98. The third-order valence-electron chi connectivity index (χ3n) is 4.72. The van der Waals surface area contributed by atoms with Gasteiger partial charge in [-0.15, -0.1) is 11.3 Å². The molecule has 2 aliphatic rings. The summed E-state index contributed by atoms with van der Waals surface area (Å²) >= 11 is 1.64. The van der Waals surface area contributed by atoms with Crippen LogP contribution in [-0.4, -0.2) is 22.6 Å². The van der Waals surface area contributed by atoms with E-state index in [1.807, 2.05) is 0 Å². The van der Waals surface area contributed by atoms with E-state index < -0.39 is 5.97 Å². The van der Waals surface area contributed by atoms with Crippen molar-refractivity contribution < 1.29 is 9.90 Å². The maximum atomic E-state index is 11.1. The molecule has 19 heavy (non-hydrogen) atoms. The molecule has 104 valence electrons. The lowest BCUT2D eigenvalue weighted by atomic mass is 9.92. The summed E-state index contributed by atoms with van der Waals surface area (Å²) in [5, 5.41) is 13.5. The Labute approximate surface area is 117 Å². The molecule has 1 fully saturated rings. The van der Waals surface area contributed by atoms with Crippen LogP contribution in [0.1, 0.15) is 49.6 Å². The Morgan fingerprint density at radius 1 is 1.58 bits per heavy atom. The molecule has 1 atom stereocenters. The van der Waals surface area contributed by atoms with Gasteiger partial charge in [-0.2, -0.15) is 0 Å². The molecule has 4 nitrogen and oxygen atoms in total. The van der Waals surface area contributed by atoms with Crippen molar-refractivity contribution in [1.82, 2.24) is 4.98 Å². The van der Waals surface area contributed by atoms with E-state index in [9.17, 15) is 4.79 Å². The molecule has 0 aromatic carbocycles. The molecular formula is C14H20N2O2S. The summed E-state index contributed by atoms with van der Waals surface area (Å²) in [6.45, 7) is 5.52. The summed E-state index contributed by atoms with van der Waals surface area (Å²) in [7, 11) is 0. The number of nitrogens with zero attached hydrogens (tertiary/aromatic N) is 1. The van der Waals surface area contributed by atoms with Crippen molar-refractivity contribution in [2.45, 2.75) is 45.4 Å². The number of carboxylic acid groups (broad SMARTS) is 1. The normalized spacial score (nSPS) is 23.4. The van der Waals surface area contributed by atoms with Crippen molar-refractivity contribution in [3.05, 3.63) is 10.6 Å². The van der Waals surface area contributed by atoms with Gasteiger partial charge in [-0.05, 0) is 37.0 Å². The number of nitrogens with one attached hydrogen (secondary N) is 1. The van der Waals surface area contributed by atoms with E-state index in [4.69, 9.17) is 5.11 Å². The second-order valence-electron chi connectivity index (χ2n) is 6.13. The molecule has 5 heteroatoms. The molecule has 0 aliphatic heterocycles. The first-order valence-corrected chi connectivity index (χ1v) is 7.80. The maximum absolute atomic E-state index is 11.1. The fraction of sp³-hybridized carbons (Fsp3) is 0.714. The highest BCUT2D eigenvalue weighted by Crippen LogP contribution is 2.52. The monoisotopic (exact) mass is 280 g/mol. The van der Waals surface area contributed by atoms with Gasteiger partial charge in [-0.1, -0.05) is 13.8 Å². The predicted molar refractivity (Wildman–Crippen MR) is 75.8 cm³/mol. The lowest BCUT2D eigenvalue weighted by molar-refractivity contribution is -0.138. The summed E-state index contributed by atoms with van der Waals surface area (Å²) in [4.78, 5) is 16.8. The van der Waals surface area contributed by atoms with E-state index in [1.54, 1.807) is 11.3 Å². The van der Waals surface area contributed by atoms with Crippen molar-refractivity contribution in [2.24, 2.45) is 11.3 Å². The Morgan fingerprint density at radius 3 is 2.89 bits per heavy atom. The summed E-state index contributed by atoms with van der Waals surface area (Å²) in [5.41, 5.74) is 1.25. The van der Waals surface area contributed by atoms with Crippen molar-refractivity contribution >= 4 is 22.4 Å². The molecule has 0 amide bonds. The smallest absolute Gasteiger partial charge is 0.312 e. The van der Waals surface area contributed by atoms with Crippen LogP contribution in [0.2, 0.25) is 0 Å². The van der Waals surface area contributed by atoms with Crippen molar-refractivity contribution in [2.75, 3.05) is 11.9 Å². The molecular weight excluding hydrogens is 260 g/mol. The van der Waals surface area contributed by atoms with Crippen LogP contribution < -0.4 is 5.32 Å². The van der Waals surface area contributed by atoms with Crippen LogP contribution in [0.15, 0.2) is 0 Å². The maximum Gasteiger partial charge on any atom is 0.312 e. The highest BCUT2D eigenvalue weighted by atomic mass is 32.1. The molecule has 1 saturated carbocycles. The summed E-state index contributed by atoms with van der Waals surface area (Å²) in [6.07, 6.45) is 4.15. The molecule has 1 heterocycles. The molecule has 0 saturated heterocycles. The van der Waals surface area contributed by atoms with Gasteiger partial charge in [0, 0.05) is 11.4 Å². The first-order chi connectivity index (χ1) is 9.02. The lowest BCUT2D eigenvalue weighted by Crippen LogP contribution is -2.20. The van der Waals surface area contributed by atoms with E-state index >= 15 is 0 Å². The molecule has 1 aromatic rings. The Kier molecular flexibility index (Phi) is 3.04. The number of anilines is 1. The molecule has 2 N–H and O–H groups in total. The first kappa shape index (κ1) is 12.9. The van der Waals surface area contributed by atoms with E-state index in [-0.39, 0.29) is 5.92 Å². The standard InChI is InChI=1S/C14H20N2O2S/c1-8(2)14(5-6-14)7-15-13-16-11-9(12(17)18)3-4-10(11)19-13/h8-9H,3-7H2,1-2H3,(H,15,16)(H,17,18). The van der Waals surface area contributed by atoms with Crippen LogP contribution in [0.5, 0.6) is 0 Å². The van der Waals surface area contributed by atoms with Gasteiger partial charge in [0.1, 0.15) is 5.92 Å². The van der Waals surface area contributed by atoms with Crippen LogP contribution >= 0.6 is 11.3 Å². The van der Waals surface area contributed by atoms with Gasteiger partial charge in [0.2, 0.25) is 0 Å². The molecule has 1 unspecified atom stereocenters. The largest absolute Gasteiger partial charge is 0.481 e. The predicted octanol–water partition coefficient (Wildman–Crippen LogP) is 3.11. The number of carbonyl (C=O) groups is 1. The number of hydrogen-bond acceptors (Lipinski definition) is 4. The van der Waals surface area contributed by atoms with E-state index in [0.717, 1.165) is 28.7 Å². The van der Waals surface area contributed by atoms with Gasteiger partial charge in [-0.25, -0.2) is 4.98 Å². The molecule has 0 spiro atoms. The minimum absolute atomic E-state index is 0.387. The molecule has 1 aromatic heterocycles. The van der Waals surface area contributed by atoms with Crippen LogP contribution in [0.25, 0.3) is 0 Å². The number of aromatic nitrogens is 1.